The Kier molecular flexibility index (Phi) is 5.48. The number of nitrogens with one attached hydrogen (secondary N) is 1. The van der Waals surface area contributed by atoms with E-state index in [1.807, 2.05) is 19.1 Å². The number of amides is 1. The fraction of sp³-hybridized carbons (Fsp3) is 0.560. The zero-order valence-electron chi connectivity index (χ0n) is 18.7. The summed E-state index contributed by atoms with van der Waals surface area (Å²) >= 11 is 1.49. The van der Waals surface area contributed by atoms with Gasteiger partial charge in [-0.1, -0.05) is 18.1 Å². The number of fused-ring (bicyclic) bond motifs is 5. The van der Waals surface area contributed by atoms with Crippen molar-refractivity contribution in [2.45, 2.75) is 64.7 Å². The standard InChI is InChI=1S/C25H31N3O3S/c1-14-13-26-24(32-14)27-22(30)8-4-16-12-21(28-31)25(2)10-9-19-18-7-5-17(29)11-15(18)3-6-20(19)23(16)25/h5,7,11,13,16,19-20,23,29,31H,3-4,6,8-10,12H2,1-2H3,(H,26,27,30)/b28-21+/t16-,19?,20?,23?,25-/m1/s1. The molecular weight excluding hydrogens is 422 g/mol. The Balaban J connectivity index is 1.36. The summed E-state index contributed by atoms with van der Waals surface area (Å²) in [4.78, 5) is 17.9. The summed E-state index contributed by atoms with van der Waals surface area (Å²) in [6, 6.07) is 5.85. The van der Waals surface area contributed by atoms with Crippen molar-refractivity contribution in [2.24, 2.45) is 28.3 Å². The number of rotatable bonds is 4. The van der Waals surface area contributed by atoms with Gasteiger partial charge in [-0.2, -0.15) is 0 Å². The van der Waals surface area contributed by atoms with Crippen molar-refractivity contribution in [3.05, 3.63) is 40.4 Å². The van der Waals surface area contributed by atoms with Crippen molar-refractivity contribution >= 4 is 28.1 Å². The number of carbonyl (C=O) groups excluding carboxylic acids is 1. The molecule has 0 aliphatic heterocycles. The normalized spacial score (nSPS) is 32.2. The number of benzene rings is 1. The van der Waals surface area contributed by atoms with Gasteiger partial charge >= 0.3 is 0 Å². The quantitative estimate of drug-likeness (QED) is 0.421. The second-order valence-corrected chi connectivity index (χ2v) is 11.3. The van der Waals surface area contributed by atoms with Crippen molar-refractivity contribution in [1.82, 2.24) is 4.98 Å². The number of phenolic OH excluding ortho intramolecular Hbond substituents is 1. The molecule has 3 aliphatic rings. The van der Waals surface area contributed by atoms with Crippen LogP contribution in [-0.2, 0) is 11.2 Å². The van der Waals surface area contributed by atoms with E-state index in [9.17, 15) is 15.1 Å². The molecule has 1 heterocycles. The summed E-state index contributed by atoms with van der Waals surface area (Å²) in [5, 5.41) is 27.1. The predicted octanol–water partition coefficient (Wildman–Crippen LogP) is 5.49. The molecule has 0 saturated heterocycles. The molecule has 7 heteroatoms. The van der Waals surface area contributed by atoms with Crippen LogP contribution in [0, 0.1) is 30.1 Å². The Bertz CT molecular complexity index is 1060. The van der Waals surface area contributed by atoms with Crippen LogP contribution in [0.1, 0.15) is 67.4 Å². The molecule has 3 unspecified atom stereocenters. The average Bonchev–Trinajstić information content (AvgIpc) is 3.31. The molecular formula is C25H31N3O3S. The Morgan fingerprint density at radius 2 is 2.22 bits per heavy atom. The van der Waals surface area contributed by atoms with E-state index in [0.717, 1.165) is 49.1 Å². The first-order valence-corrected chi connectivity index (χ1v) is 12.5. The minimum Gasteiger partial charge on any atom is -0.508 e. The number of nitrogens with zero attached hydrogens (tertiary/aromatic N) is 2. The Morgan fingerprint density at radius 1 is 1.38 bits per heavy atom. The van der Waals surface area contributed by atoms with Crippen LogP contribution in [-0.4, -0.2) is 26.9 Å². The molecule has 1 aromatic carbocycles. The van der Waals surface area contributed by atoms with Gasteiger partial charge in [0.15, 0.2) is 5.13 Å². The first-order valence-electron chi connectivity index (χ1n) is 11.6. The van der Waals surface area contributed by atoms with Crippen LogP contribution in [0.25, 0.3) is 0 Å². The third kappa shape index (κ3) is 3.60. The van der Waals surface area contributed by atoms with E-state index in [1.54, 1.807) is 6.20 Å². The zero-order valence-corrected chi connectivity index (χ0v) is 19.5. The molecule has 2 saturated carbocycles. The number of anilines is 1. The van der Waals surface area contributed by atoms with Gasteiger partial charge in [-0.25, -0.2) is 4.98 Å². The van der Waals surface area contributed by atoms with E-state index in [2.05, 4.69) is 28.4 Å². The Labute approximate surface area is 192 Å². The van der Waals surface area contributed by atoms with E-state index in [4.69, 9.17) is 0 Å². The second-order valence-electron chi connectivity index (χ2n) is 10.0. The molecule has 3 aliphatic carbocycles. The largest absolute Gasteiger partial charge is 0.508 e. The minimum atomic E-state index is -0.0993. The second kappa shape index (κ2) is 8.18. The lowest BCUT2D eigenvalue weighted by atomic mass is 9.54. The maximum absolute atomic E-state index is 12.6. The SMILES string of the molecule is Cc1cnc(NC(=O)CC[C@@H]2C/C(=N\O)[C@@]3(C)CCC4c5ccc(O)cc5CCC4C23)s1. The van der Waals surface area contributed by atoms with Crippen molar-refractivity contribution < 1.29 is 15.1 Å². The van der Waals surface area contributed by atoms with Gasteiger partial charge in [-0.15, -0.1) is 11.3 Å². The van der Waals surface area contributed by atoms with Crippen LogP contribution in [0.3, 0.4) is 0 Å². The van der Waals surface area contributed by atoms with Crippen molar-refractivity contribution in [1.29, 1.82) is 0 Å². The van der Waals surface area contributed by atoms with Gasteiger partial charge in [0.05, 0.1) is 5.71 Å². The monoisotopic (exact) mass is 453 g/mol. The highest BCUT2D eigenvalue weighted by atomic mass is 32.1. The van der Waals surface area contributed by atoms with Crippen LogP contribution in [0.15, 0.2) is 29.6 Å². The number of aryl methyl sites for hydroxylation is 2. The third-order valence-electron chi connectivity index (χ3n) is 8.31. The molecule has 170 valence electrons. The lowest BCUT2D eigenvalue weighted by Crippen LogP contribution is -2.44. The van der Waals surface area contributed by atoms with E-state index in [0.29, 0.717) is 41.0 Å². The summed E-state index contributed by atoms with van der Waals surface area (Å²) in [6.45, 7) is 4.25. The molecule has 1 aromatic heterocycles. The molecule has 5 rings (SSSR count). The molecule has 6 nitrogen and oxygen atoms in total. The van der Waals surface area contributed by atoms with Crippen LogP contribution in [0.2, 0.25) is 0 Å². The number of aromatic hydroxyl groups is 1. The Morgan fingerprint density at radius 3 is 2.97 bits per heavy atom. The number of hydrogen-bond donors (Lipinski definition) is 3. The molecule has 1 amide bonds. The highest BCUT2D eigenvalue weighted by Gasteiger charge is 2.57. The number of oxime groups is 1. The summed E-state index contributed by atoms with van der Waals surface area (Å²) in [7, 11) is 0. The smallest absolute Gasteiger partial charge is 0.226 e. The molecule has 0 bridgehead atoms. The Hall–Kier alpha value is -2.41. The number of hydrogen-bond acceptors (Lipinski definition) is 6. The molecule has 0 spiro atoms. The van der Waals surface area contributed by atoms with E-state index < -0.39 is 0 Å². The van der Waals surface area contributed by atoms with Gasteiger partial charge in [-0.05, 0) is 92.4 Å². The number of phenols is 1. The lowest BCUT2D eigenvalue weighted by molar-refractivity contribution is -0.116. The first-order chi connectivity index (χ1) is 15.4. The van der Waals surface area contributed by atoms with Crippen molar-refractivity contribution in [3.8, 4) is 5.75 Å². The number of carbonyl (C=O) groups is 1. The summed E-state index contributed by atoms with van der Waals surface area (Å²) < 4.78 is 0. The van der Waals surface area contributed by atoms with E-state index in [-0.39, 0.29) is 11.3 Å². The number of aromatic nitrogens is 1. The minimum absolute atomic E-state index is 0.00673. The summed E-state index contributed by atoms with van der Waals surface area (Å²) in [5.41, 5.74) is 3.47. The fourth-order valence-corrected chi connectivity index (χ4v) is 7.66. The molecule has 3 N–H and O–H groups in total. The van der Waals surface area contributed by atoms with E-state index in [1.165, 1.54) is 22.5 Å². The molecule has 32 heavy (non-hydrogen) atoms. The summed E-state index contributed by atoms with van der Waals surface area (Å²) in [5.74, 6) is 2.08. The maximum Gasteiger partial charge on any atom is 0.226 e. The van der Waals surface area contributed by atoms with E-state index >= 15 is 0 Å². The zero-order chi connectivity index (χ0) is 22.5. The molecule has 0 radical (unpaired) electrons. The maximum atomic E-state index is 12.6. The fourth-order valence-electron chi connectivity index (χ4n) is 6.98. The van der Waals surface area contributed by atoms with Crippen LogP contribution < -0.4 is 5.32 Å². The van der Waals surface area contributed by atoms with Crippen LogP contribution >= 0.6 is 11.3 Å². The molecule has 2 aromatic rings. The average molecular weight is 454 g/mol. The highest BCUT2D eigenvalue weighted by molar-refractivity contribution is 7.15. The lowest BCUT2D eigenvalue weighted by Gasteiger charge is -2.50. The topological polar surface area (TPSA) is 94.8 Å². The van der Waals surface area contributed by atoms with Gasteiger partial charge < -0.3 is 15.6 Å². The summed E-state index contributed by atoms with van der Waals surface area (Å²) in [6.07, 6.45) is 7.92. The highest BCUT2D eigenvalue weighted by Crippen LogP contribution is 2.62. The van der Waals surface area contributed by atoms with Gasteiger partial charge in [0.2, 0.25) is 5.91 Å². The molecule has 2 fully saturated rings. The van der Waals surface area contributed by atoms with Crippen LogP contribution in [0.4, 0.5) is 5.13 Å². The third-order valence-corrected chi connectivity index (χ3v) is 9.14. The van der Waals surface area contributed by atoms with Gasteiger partial charge in [0.25, 0.3) is 0 Å². The molecule has 5 atom stereocenters. The first kappa shape index (κ1) is 21.4. The number of thiazole rings is 1. The van der Waals surface area contributed by atoms with Crippen LogP contribution in [0.5, 0.6) is 5.75 Å². The van der Waals surface area contributed by atoms with Crippen molar-refractivity contribution in [2.75, 3.05) is 5.32 Å². The van der Waals surface area contributed by atoms with Crippen molar-refractivity contribution in [3.63, 3.8) is 0 Å². The van der Waals surface area contributed by atoms with Gasteiger partial charge in [0.1, 0.15) is 5.75 Å². The predicted molar refractivity (Wildman–Crippen MR) is 126 cm³/mol. The van der Waals surface area contributed by atoms with Gasteiger partial charge in [0, 0.05) is 22.9 Å². The van der Waals surface area contributed by atoms with Gasteiger partial charge in [-0.3, -0.25) is 4.79 Å².